The van der Waals surface area contributed by atoms with Crippen molar-refractivity contribution < 1.29 is 0 Å². The van der Waals surface area contributed by atoms with E-state index in [2.05, 4.69) is 34.3 Å². The highest BCUT2D eigenvalue weighted by atomic mass is 15.1. The van der Waals surface area contributed by atoms with Crippen molar-refractivity contribution >= 4 is 0 Å². The Labute approximate surface area is 115 Å². The number of hydrogen-bond donors (Lipinski definition) is 1. The van der Waals surface area contributed by atoms with Crippen LogP contribution in [0.5, 0.6) is 0 Å². The molecule has 1 aliphatic heterocycles. The number of hydrogen-bond acceptors (Lipinski definition) is 2. The van der Waals surface area contributed by atoms with Crippen molar-refractivity contribution in [1.82, 2.24) is 14.9 Å². The minimum atomic E-state index is 0.545. The summed E-state index contributed by atoms with van der Waals surface area (Å²) in [5.41, 5.74) is 1.42. The van der Waals surface area contributed by atoms with Gasteiger partial charge >= 0.3 is 0 Å². The Hall–Kier alpha value is -0.830. The second-order valence-corrected chi connectivity index (χ2v) is 6.95. The predicted molar refractivity (Wildman–Crippen MR) is 75.9 cm³/mol. The van der Waals surface area contributed by atoms with Crippen LogP contribution in [0.2, 0.25) is 0 Å². The van der Waals surface area contributed by atoms with Crippen LogP contribution in [0.15, 0.2) is 12.5 Å². The number of nitrogens with zero attached hydrogens (tertiary/aromatic N) is 2. The first-order chi connectivity index (χ1) is 9.33. The molecule has 1 N–H and O–H groups in total. The summed E-state index contributed by atoms with van der Waals surface area (Å²) in [6.45, 7) is 3.59. The van der Waals surface area contributed by atoms with Gasteiger partial charge in [0.05, 0.1) is 12.0 Å². The summed E-state index contributed by atoms with van der Waals surface area (Å²) >= 11 is 0. The van der Waals surface area contributed by atoms with Gasteiger partial charge in [-0.05, 0) is 63.3 Å². The molecule has 1 saturated heterocycles. The van der Waals surface area contributed by atoms with E-state index in [4.69, 9.17) is 0 Å². The molecule has 0 amide bonds. The van der Waals surface area contributed by atoms with Crippen molar-refractivity contribution in [2.45, 2.75) is 57.5 Å². The molecule has 1 aromatic rings. The number of imidazole rings is 1. The van der Waals surface area contributed by atoms with Crippen molar-refractivity contribution in [3.8, 4) is 0 Å². The van der Waals surface area contributed by atoms with E-state index in [1.807, 2.05) is 0 Å². The lowest BCUT2D eigenvalue weighted by Crippen LogP contribution is -2.25. The van der Waals surface area contributed by atoms with Crippen LogP contribution >= 0.6 is 0 Å². The molecule has 0 spiro atoms. The van der Waals surface area contributed by atoms with Crippen LogP contribution < -0.4 is 5.32 Å². The molecule has 19 heavy (non-hydrogen) atoms. The fraction of sp³-hybridized carbons (Fsp3) is 0.812. The van der Waals surface area contributed by atoms with Crippen LogP contribution in [0.4, 0.5) is 0 Å². The lowest BCUT2D eigenvalue weighted by molar-refractivity contribution is 0.237. The van der Waals surface area contributed by atoms with Crippen molar-refractivity contribution in [1.29, 1.82) is 0 Å². The zero-order chi connectivity index (χ0) is 12.8. The van der Waals surface area contributed by atoms with E-state index in [1.54, 1.807) is 0 Å². The molecule has 3 heteroatoms. The summed E-state index contributed by atoms with van der Waals surface area (Å²) in [4.78, 5) is 4.44. The largest absolute Gasteiger partial charge is 0.330 e. The van der Waals surface area contributed by atoms with Crippen LogP contribution in [-0.2, 0) is 0 Å². The number of aromatic nitrogens is 2. The zero-order valence-corrected chi connectivity index (χ0v) is 11.9. The van der Waals surface area contributed by atoms with Gasteiger partial charge in [0, 0.05) is 18.3 Å². The average Bonchev–Trinajstić information content (AvgIpc) is 3.17. The summed E-state index contributed by atoms with van der Waals surface area (Å²) < 4.78 is 2.48. The molecule has 0 aromatic carbocycles. The van der Waals surface area contributed by atoms with Gasteiger partial charge in [-0.2, -0.15) is 0 Å². The third kappa shape index (κ3) is 1.94. The number of fused-ring (bicyclic) bond motifs is 2. The first-order valence-corrected chi connectivity index (χ1v) is 8.08. The first-order valence-electron chi connectivity index (χ1n) is 8.08. The lowest BCUT2D eigenvalue weighted by atomic mass is 9.83. The Morgan fingerprint density at radius 2 is 2.26 bits per heavy atom. The molecule has 2 aliphatic carbocycles. The highest BCUT2D eigenvalue weighted by Gasteiger charge is 2.42. The van der Waals surface area contributed by atoms with Gasteiger partial charge in [-0.1, -0.05) is 6.42 Å². The van der Waals surface area contributed by atoms with E-state index >= 15 is 0 Å². The number of nitrogens with one attached hydrogen (secondary N) is 1. The molecule has 2 heterocycles. The van der Waals surface area contributed by atoms with Gasteiger partial charge in [-0.25, -0.2) is 4.98 Å². The maximum atomic E-state index is 4.44. The van der Waals surface area contributed by atoms with Gasteiger partial charge in [-0.3, -0.25) is 0 Å². The fourth-order valence-electron chi connectivity index (χ4n) is 4.95. The van der Waals surface area contributed by atoms with E-state index in [-0.39, 0.29) is 0 Å². The van der Waals surface area contributed by atoms with Gasteiger partial charge in [0.15, 0.2) is 0 Å². The SMILES string of the molecule is CC(C1CC2CCC1C2)n1cncc1C1CCCN1. The molecule has 104 valence electrons. The van der Waals surface area contributed by atoms with E-state index in [9.17, 15) is 0 Å². The topological polar surface area (TPSA) is 29.9 Å². The van der Waals surface area contributed by atoms with E-state index < -0.39 is 0 Å². The van der Waals surface area contributed by atoms with E-state index in [1.165, 1.54) is 50.8 Å². The smallest absolute Gasteiger partial charge is 0.0951 e. The molecule has 1 aromatic heterocycles. The second kappa shape index (κ2) is 4.62. The van der Waals surface area contributed by atoms with Crippen molar-refractivity contribution in [3.05, 3.63) is 18.2 Å². The first kappa shape index (κ1) is 12.0. The third-order valence-corrected chi connectivity index (χ3v) is 5.96. The zero-order valence-electron chi connectivity index (χ0n) is 11.9. The van der Waals surface area contributed by atoms with Crippen LogP contribution in [0.25, 0.3) is 0 Å². The maximum absolute atomic E-state index is 4.44. The second-order valence-electron chi connectivity index (χ2n) is 6.95. The highest BCUT2D eigenvalue weighted by molar-refractivity contribution is 5.09. The standard InChI is InChI=1S/C16H25N3/c1-11(14-8-12-4-5-13(14)7-12)19-10-17-9-16(19)15-3-2-6-18-15/h9-15,18H,2-8H2,1H3. The van der Waals surface area contributed by atoms with Crippen molar-refractivity contribution in [2.24, 2.45) is 17.8 Å². The van der Waals surface area contributed by atoms with Gasteiger partial charge in [0.2, 0.25) is 0 Å². The molecular formula is C16H25N3. The van der Waals surface area contributed by atoms with Crippen molar-refractivity contribution in [2.75, 3.05) is 6.54 Å². The summed E-state index contributed by atoms with van der Waals surface area (Å²) in [7, 11) is 0. The molecule has 3 fully saturated rings. The minimum absolute atomic E-state index is 0.545. The molecule has 0 radical (unpaired) electrons. The Bertz CT molecular complexity index is 447. The minimum Gasteiger partial charge on any atom is -0.330 e. The summed E-state index contributed by atoms with van der Waals surface area (Å²) in [5.74, 6) is 2.92. The fourth-order valence-corrected chi connectivity index (χ4v) is 4.95. The molecule has 3 aliphatic rings. The average molecular weight is 259 g/mol. The summed E-state index contributed by atoms with van der Waals surface area (Å²) in [6.07, 6.45) is 12.7. The molecule has 5 unspecified atom stereocenters. The van der Waals surface area contributed by atoms with Crippen LogP contribution in [0, 0.1) is 17.8 Å². The maximum Gasteiger partial charge on any atom is 0.0951 e. The van der Waals surface area contributed by atoms with Gasteiger partial charge in [0.1, 0.15) is 0 Å². The molecule has 2 saturated carbocycles. The Morgan fingerprint density at radius 1 is 1.32 bits per heavy atom. The molecular weight excluding hydrogens is 234 g/mol. The molecule has 4 rings (SSSR count). The van der Waals surface area contributed by atoms with Crippen LogP contribution in [-0.4, -0.2) is 16.1 Å². The quantitative estimate of drug-likeness (QED) is 0.902. The van der Waals surface area contributed by atoms with Crippen molar-refractivity contribution in [3.63, 3.8) is 0 Å². The summed E-state index contributed by atoms with van der Waals surface area (Å²) in [5, 5.41) is 3.62. The highest BCUT2D eigenvalue weighted by Crippen LogP contribution is 2.52. The third-order valence-electron chi connectivity index (χ3n) is 5.96. The van der Waals surface area contributed by atoms with Gasteiger partial charge < -0.3 is 9.88 Å². The van der Waals surface area contributed by atoms with E-state index in [0.29, 0.717) is 12.1 Å². The molecule has 2 bridgehead atoms. The monoisotopic (exact) mass is 259 g/mol. The van der Waals surface area contributed by atoms with Crippen LogP contribution in [0.3, 0.4) is 0 Å². The van der Waals surface area contributed by atoms with E-state index in [0.717, 1.165) is 17.8 Å². The normalized spacial score (nSPS) is 39.0. The molecule has 5 atom stereocenters. The number of rotatable bonds is 3. The Balaban J connectivity index is 1.56. The summed E-state index contributed by atoms with van der Waals surface area (Å²) in [6, 6.07) is 1.18. The Morgan fingerprint density at radius 3 is 2.95 bits per heavy atom. The van der Waals surface area contributed by atoms with Gasteiger partial charge in [-0.15, -0.1) is 0 Å². The predicted octanol–water partition coefficient (Wildman–Crippen LogP) is 3.30. The van der Waals surface area contributed by atoms with Crippen LogP contribution in [0.1, 0.15) is 63.2 Å². The van der Waals surface area contributed by atoms with Gasteiger partial charge in [0.25, 0.3) is 0 Å². The Kier molecular flexibility index (Phi) is 2.91. The lowest BCUT2D eigenvalue weighted by Gasteiger charge is -2.30. The molecule has 3 nitrogen and oxygen atoms in total.